The summed E-state index contributed by atoms with van der Waals surface area (Å²) in [5.41, 5.74) is 1.49. The lowest BCUT2D eigenvalue weighted by Gasteiger charge is -2.22. The summed E-state index contributed by atoms with van der Waals surface area (Å²) < 4.78 is 24.6. The maximum absolute atomic E-state index is 13.9. The van der Waals surface area contributed by atoms with Crippen LogP contribution in [0.25, 0.3) is 10.4 Å². The summed E-state index contributed by atoms with van der Waals surface area (Å²) in [5, 5.41) is 2.00. The van der Waals surface area contributed by atoms with Crippen LogP contribution in [0.15, 0.2) is 66.0 Å². The van der Waals surface area contributed by atoms with Gasteiger partial charge in [0.25, 0.3) is 5.91 Å². The zero-order valence-electron chi connectivity index (χ0n) is 16.3. The summed E-state index contributed by atoms with van der Waals surface area (Å²) in [4.78, 5) is 28.0. The third-order valence-corrected chi connectivity index (χ3v) is 5.98. The minimum atomic E-state index is -0.781. The van der Waals surface area contributed by atoms with E-state index in [9.17, 15) is 14.0 Å². The highest BCUT2D eigenvalue weighted by molar-refractivity contribution is 7.13. The zero-order chi connectivity index (χ0) is 21.1. The zero-order valence-corrected chi connectivity index (χ0v) is 17.1. The Morgan fingerprint density at radius 3 is 2.50 bits per heavy atom. The molecule has 1 aromatic heterocycles. The summed E-state index contributed by atoms with van der Waals surface area (Å²) in [7, 11) is 1.28. The number of ether oxygens (including phenoxy) is 2. The number of halogens is 1. The van der Waals surface area contributed by atoms with Crippen molar-refractivity contribution in [3.05, 3.63) is 77.4 Å². The van der Waals surface area contributed by atoms with Gasteiger partial charge in [0.1, 0.15) is 12.1 Å². The largest absolute Gasteiger partial charge is 0.485 e. The number of para-hydroxylation sites is 1. The van der Waals surface area contributed by atoms with Crippen LogP contribution in [0.5, 0.6) is 5.75 Å². The molecule has 1 saturated heterocycles. The van der Waals surface area contributed by atoms with E-state index in [2.05, 4.69) is 0 Å². The normalized spacial score (nSPS) is 18.3. The lowest BCUT2D eigenvalue weighted by molar-refractivity contribution is -0.145. The maximum atomic E-state index is 13.9. The Labute approximate surface area is 177 Å². The van der Waals surface area contributed by atoms with Gasteiger partial charge in [-0.25, -0.2) is 9.18 Å². The van der Waals surface area contributed by atoms with E-state index in [0.29, 0.717) is 5.56 Å². The third kappa shape index (κ3) is 4.07. The van der Waals surface area contributed by atoms with E-state index in [-0.39, 0.29) is 24.6 Å². The molecule has 1 fully saturated rings. The van der Waals surface area contributed by atoms with Crippen molar-refractivity contribution in [3.8, 4) is 16.2 Å². The van der Waals surface area contributed by atoms with Gasteiger partial charge in [0.2, 0.25) is 0 Å². The second kappa shape index (κ2) is 8.67. The molecule has 3 aromatic rings. The molecule has 0 spiro atoms. The fraction of sp³-hybridized carbons (Fsp3) is 0.217. The molecule has 0 saturated carbocycles. The van der Waals surface area contributed by atoms with E-state index >= 15 is 0 Å². The fourth-order valence-electron chi connectivity index (χ4n) is 3.57. The molecule has 1 amide bonds. The average molecular weight is 425 g/mol. The molecule has 2 heterocycles. The van der Waals surface area contributed by atoms with Crippen LogP contribution in [0.3, 0.4) is 0 Å². The molecule has 0 bridgehead atoms. The number of likely N-dealkylation sites (tertiary alicyclic amines) is 1. The molecule has 2 atom stereocenters. The van der Waals surface area contributed by atoms with Crippen LogP contribution in [0.2, 0.25) is 0 Å². The smallest absolute Gasteiger partial charge is 0.328 e. The van der Waals surface area contributed by atoms with Gasteiger partial charge in [0.15, 0.2) is 11.6 Å². The van der Waals surface area contributed by atoms with Gasteiger partial charge in [-0.2, -0.15) is 0 Å². The summed E-state index contributed by atoms with van der Waals surface area (Å²) in [6.45, 7) is 0.166. The van der Waals surface area contributed by atoms with Crippen LogP contribution < -0.4 is 4.74 Å². The quantitative estimate of drug-likeness (QED) is 0.569. The van der Waals surface area contributed by atoms with Crippen LogP contribution in [0.1, 0.15) is 16.8 Å². The number of hydrogen-bond acceptors (Lipinski definition) is 5. The molecule has 7 heteroatoms. The molecule has 2 unspecified atom stereocenters. The van der Waals surface area contributed by atoms with Gasteiger partial charge in [-0.1, -0.05) is 30.3 Å². The van der Waals surface area contributed by atoms with E-state index in [1.165, 1.54) is 24.1 Å². The number of hydrogen-bond donors (Lipinski definition) is 0. The molecule has 4 rings (SSSR count). The van der Waals surface area contributed by atoms with E-state index in [1.807, 2.05) is 29.6 Å². The number of esters is 1. The van der Waals surface area contributed by atoms with Crippen LogP contribution in [0, 0.1) is 5.82 Å². The summed E-state index contributed by atoms with van der Waals surface area (Å²) in [6, 6.07) is 16.5. The number of rotatable bonds is 5. The predicted molar refractivity (Wildman–Crippen MR) is 112 cm³/mol. The average Bonchev–Trinajstić information content (AvgIpc) is 3.45. The Bertz CT molecular complexity index is 1040. The maximum Gasteiger partial charge on any atom is 0.328 e. The number of benzene rings is 2. The first kappa shape index (κ1) is 20.1. The monoisotopic (exact) mass is 425 g/mol. The number of carbonyl (C=O) groups is 2. The van der Waals surface area contributed by atoms with E-state index < -0.39 is 23.9 Å². The van der Waals surface area contributed by atoms with E-state index in [1.54, 1.807) is 35.6 Å². The standard InChI is InChI=1S/C23H20FNO4S/c1-28-23(27)19-13-17(29-20-6-3-2-5-18(20)24)14-25(19)22(26)16-10-8-15(9-11-16)21-7-4-12-30-21/h2-12,17,19H,13-14H2,1H3. The molecule has 1 aliphatic rings. The first-order chi connectivity index (χ1) is 14.6. The van der Waals surface area contributed by atoms with E-state index in [0.717, 1.165) is 10.4 Å². The van der Waals surface area contributed by atoms with Crippen molar-refractivity contribution in [2.75, 3.05) is 13.7 Å². The first-order valence-corrected chi connectivity index (χ1v) is 10.4. The Balaban J connectivity index is 1.53. The Morgan fingerprint density at radius 2 is 1.83 bits per heavy atom. The van der Waals surface area contributed by atoms with Crippen molar-refractivity contribution in [3.63, 3.8) is 0 Å². The highest BCUT2D eigenvalue weighted by atomic mass is 32.1. The molecule has 154 valence electrons. The molecule has 30 heavy (non-hydrogen) atoms. The van der Waals surface area contributed by atoms with Crippen molar-refractivity contribution in [1.29, 1.82) is 0 Å². The van der Waals surface area contributed by atoms with Crippen LogP contribution in [0.4, 0.5) is 4.39 Å². The molecule has 1 aliphatic heterocycles. The van der Waals surface area contributed by atoms with Crippen LogP contribution in [-0.4, -0.2) is 42.6 Å². The summed E-state index contributed by atoms with van der Waals surface area (Å²) >= 11 is 1.62. The Kier molecular flexibility index (Phi) is 5.81. The highest BCUT2D eigenvalue weighted by Crippen LogP contribution is 2.28. The Hall–Kier alpha value is -3.19. The minimum Gasteiger partial charge on any atom is -0.485 e. The van der Waals surface area contributed by atoms with Gasteiger partial charge in [0.05, 0.1) is 13.7 Å². The van der Waals surface area contributed by atoms with Crippen molar-refractivity contribution >= 4 is 23.2 Å². The molecule has 0 aliphatic carbocycles. The minimum absolute atomic E-state index is 0.0979. The van der Waals surface area contributed by atoms with Crippen molar-refractivity contribution in [2.24, 2.45) is 0 Å². The van der Waals surface area contributed by atoms with Crippen molar-refractivity contribution in [1.82, 2.24) is 4.90 Å². The lowest BCUT2D eigenvalue weighted by Crippen LogP contribution is -2.41. The number of thiophene rings is 1. The fourth-order valence-corrected chi connectivity index (χ4v) is 4.31. The van der Waals surface area contributed by atoms with Gasteiger partial charge in [0, 0.05) is 16.9 Å². The third-order valence-electron chi connectivity index (χ3n) is 5.06. The molecule has 0 N–H and O–H groups in total. The number of methoxy groups -OCH3 is 1. The Morgan fingerprint density at radius 1 is 1.07 bits per heavy atom. The van der Waals surface area contributed by atoms with Gasteiger partial charge in [-0.05, 0) is 41.3 Å². The first-order valence-electron chi connectivity index (χ1n) is 9.50. The highest BCUT2D eigenvalue weighted by Gasteiger charge is 2.42. The molecular weight excluding hydrogens is 405 g/mol. The molecule has 2 aromatic carbocycles. The second-order valence-corrected chi connectivity index (χ2v) is 7.90. The number of amides is 1. The molecular formula is C23H20FNO4S. The van der Waals surface area contributed by atoms with Gasteiger partial charge >= 0.3 is 5.97 Å². The van der Waals surface area contributed by atoms with Crippen molar-refractivity contribution in [2.45, 2.75) is 18.6 Å². The van der Waals surface area contributed by atoms with E-state index in [4.69, 9.17) is 9.47 Å². The summed E-state index contributed by atoms with van der Waals surface area (Å²) in [6.07, 6.45) is -0.277. The SMILES string of the molecule is COC(=O)C1CC(Oc2ccccc2F)CN1C(=O)c1ccc(-c2cccs2)cc1. The van der Waals surface area contributed by atoms with Crippen LogP contribution >= 0.6 is 11.3 Å². The molecule has 0 radical (unpaired) electrons. The number of carbonyl (C=O) groups excluding carboxylic acids is 2. The van der Waals surface area contributed by atoms with Gasteiger partial charge in [-0.15, -0.1) is 11.3 Å². The second-order valence-electron chi connectivity index (χ2n) is 6.96. The summed E-state index contributed by atoms with van der Waals surface area (Å²) in [5.74, 6) is -1.19. The number of nitrogens with zero attached hydrogens (tertiary/aromatic N) is 1. The topological polar surface area (TPSA) is 55.8 Å². The lowest BCUT2D eigenvalue weighted by atomic mass is 10.1. The van der Waals surface area contributed by atoms with Gasteiger partial charge in [-0.3, -0.25) is 4.79 Å². The van der Waals surface area contributed by atoms with Gasteiger partial charge < -0.3 is 14.4 Å². The molecule has 5 nitrogen and oxygen atoms in total. The van der Waals surface area contributed by atoms with Crippen molar-refractivity contribution < 1.29 is 23.5 Å². The predicted octanol–water partition coefficient (Wildman–Crippen LogP) is 4.39. The van der Waals surface area contributed by atoms with Crippen LogP contribution in [-0.2, 0) is 9.53 Å².